The average Bonchev–Trinajstić information content (AvgIpc) is 3.48. The maximum atomic E-state index is 13.1. The summed E-state index contributed by atoms with van der Waals surface area (Å²) in [6, 6.07) is 8.51. The summed E-state index contributed by atoms with van der Waals surface area (Å²) in [5.74, 6) is -0.590. The van der Waals surface area contributed by atoms with Crippen LogP contribution in [0.5, 0.6) is 11.5 Å². The lowest BCUT2D eigenvalue weighted by molar-refractivity contribution is -0.117. The summed E-state index contributed by atoms with van der Waals surface area (Å²) in [5.41, 5.74) is 0.364. The first kappa shape index (κ1) is 19.3. The molecule has 0 aliphatic carbocycles. The van der Waals surface area contributed by atoms with Crippen LogP contribution in [0.3, 0.4) is 0 Å². The molecule has 3 heterocycles. The van der Waals surface area contributed by atoms with E-state index in [4.69, 9.17) is 18.4 Å². The van der Waals surface area contributed by atoms with E-state index in [9.17, 15) is 14.7 Å². The number of rotatable bonds is 6. The summed E-state index contributed by atoms with van der Waals surface area (Å²) in [4.78, 5) is 27.3. The fourth-order valence-electron chi connectivity index (χ4n) is 3.42. The predicted octanol–water partition coefficient (Wildman–Crippen LogP) is 3.38. The number of carbonyl (C=O) groups is 2. The highest BCUT2D eigenvalue weighted by molar-refractivity contribution is 6.19. The third-order valence-corrected chi connectivity index (χ3v) is 4.78. The molecule has 1 amide bonds. The third kappa shape index (κ3) is 3.00. The number of furan rings is 1. The second kappa shape index (κ2) is 7.43. The number of ether oxygens (including phenoxy) is 2. The van der Waals surface area contributed by atoms with E-state index in [-0.39, 0.29) is 17.2 Å². The Morgan fingerprint density at radius 2 is 1.93 bits per heavy atom. The summed E-state index contributed by atoms with van der Waals surface area (Å²) in [6.07, 6.45) is 1.34. The van der Waals surface area contributed by atoms with Crippen molar-refractivity contribution in [1.82, 2.24) is 5.16 Å². The van der Waals surface area contributed by atoms with Crippen molar-refractivity contribution in [2.24, 2.45) is 0 Å². The smallest absolute Gasteiger partial charge is 0.295 e. The minimum atomic E-state index is -0.987. The van der Waals surface area contributed by atoms with E-state index in [1.54, 1.807) is 37.3 Å². The second-order valence-corrected chi connectivity index (χ2v) is 6.56. The van der Waals surface area contributed by atoms with Crippen LogP contribution in [0.15, 0.2) is 62.9 Å². The number of hydrogen-bond acceptors (Lipinski definition) is 8. The average molecular weight is 410 g/mol. The van der Waals surface area contributed by atoms with Crippen molar-refractivity contribution in [2.45, 2.75) is 13.0 Å². The normalized spacial score (nSPS) is 16.3. The van der Waals surface area contributed by atoms with E-state index in [0.29, 0.717) is 22.8 Å². The molecule has 9 nitrogen and oxygen atoms in total. The van der Waals surface area contributed by atoms with Crippen LogP contribution < -0.4 is 14.4 Å². The molecule has 1 aliphatic rings. The SMILES string of the molecule is COc1ccc(C2C(C(=O)c3ccco3)=C(O)C(=O)N2c2cc(C)on2)cc1OC. The van der Waals surface area contributed by atoms with E-state index in [1.807, 2.05) is 0 Å². The summed E-state index contributed by atoms with van der Waals surface area (Å²) < 4.78 is 20.9. The van der Waals surface area contributed by atoms with E-state index in [2.05, 4.69) is 5.16 Å². The molecule has 9 heteroatoms. The number of hydrogen-bond donors (Lipinski definition) is 1. The lowest BCUT2D eigenvalue weighted by atomic mass is 9.94. The highest BCUT2D eigenvalue weighted by Crippen LogP contribution is 2.43. The van der Waals surface area contributed by atoms with Gasteiger partial charge in [-0.2, -0.15) is 0 Å². The lowest BCUT2D eigenvalue weighted by Crippen LogP contribution is -2.31. The van der Waals surface area contributed by atoms with Crippen molar-refractivity contribution in [3.05, 3.63) is 71.1 Å². The van der Waals surface area contributed by atoms with Gasteiger partial charge in [0, 0.05) is 6.07 Å². The van der Waals surface area contributed by atoms with Gasteiger partial charge in [0.25, 0.3) is 5.91 Å². The number of anilines is 1. The Labute approximate surface area is 171 Å². The van der Waals surface area contributed by atoms with Crippen LogP contribution in [0.2, 0.25) is 0 Å². The Morgan fingerprint density at radius 1 is 1.17 bits per heavy atom. The topological polar surface area (TPSA) is 115 Å². The number of aliphatic hydroxyl groups is 1. The molecule has 0 fully saturated rings. The van der Waals surface area contributed by atoms with Crippen LogP contribution in [0.1, 0.15) is 27.9 Å². The molecule has 1 unspecified atom stereocenters. The Kier molecular flexibility index (Phi) is 4.78. The van der Waals surface area contributed by atoms with Crippen molar-refractivity contribution in [3.63, 3.8) is 0 Å². The van der Waals surface area contributed by atoms with Crippen LogP contribution in [0, 0.1) is 6.92 Å². The minimum Gasteiger partial charge on any atom is -0.503 e. The highest BCUT2D eigenvalue weighted by atomic mass is 16.5. The molecule has 0 radical (unpaired) electrons. The molecule has 1 N–H and O–H groups in total. The van der Waals surface area contributed by atoms with Gasteiger partial charge in [-0.15, -0.1) is 0 Å². The zero-order valence-electron chi connectivity index (χ0n) is 16.4. The number of benzene rings is 1. The summed E-state index contributed by atoms with van der Waals surface area (Å²) in [5, 5.41) is 14.5. The van der Waals surface area contributed by atoms with Gasteiger partial charge in [-0.3, -0.25) is 14.5 Å². The number of amides is 1. The van der Waals surface area contributed by atoms with E-state index in [1.165, 1.54) is 31.4 Å². The molecular weight excluding hydrogens is 392 g/mol. The molecule has 1 aromatic carbocycles. The molecule has 30 heavy (non-hydrogen) atoms. The molecule has 0 saturated heterocycles. The third-order valence-electron chi connectivity index (χ3n) is 4.78. The molecule has 154 valence electrons. The van der Waals surface area contributed by atoms with Gasteiger partial charge < -0.3 is 23.5 Å². The first-order chi connectivity index (χ1) is 14.5. The summed E-state index contributed by atoms with van der Waals surface area (Å²) >= 11 is 0. The number of aliphatic hydroxyl groups excluding tert-OH is 1. The summed E-state index contributed by atoms with van der Waals surface area (Å²) in [6.45, 7) is 1.67. The fraction of sp³-hybridized carbons (Fsp3) is 0.190. The lowest BCUT2D eigenvalue weighted by Gasteiger charge is -2.24. The molecule has 2 aromatic heterocycles. The Hall–Kier alpha value is -4.01. The minimum absolute atomic E-state index is 0.00647. The van der Waals surface area contributed by atoms with Gasteiger partial charge in [0.1, 0.15) is 5.76 Å². The molecule has 4 rings (SSSR count). The Balaban J connectivity index is 1.90. The van der Waals surface area contributed by atoms with Gasteiger partial charge in [-0.1, -0.05) is 11.2 Å². The van der Waals surface area contributed by atoms with E-state index >= 15 is 0 Å². The van der Waals surface area contributed by atoms with Crippen LogP contribution in [0.25, 0.3) is 0 Å². The molecule has 0 spiro atoms. The second-order valence-electron chi connectivity index (χ2n) is 6.56. The molecule has 0 saturated carbocycles. The maximum Gasteiger partial charge on any atom is 0.295 e. The van der Waals surface area contributed by atoms with Crippen LogP contribution in [-0.4, -0.2) is 36.2 Å². The van der Waals surface area contributed by atoms with E-state index < -0.39 is 23.5 Å². The Bertz CT molecular complexity index is 1140. The number of methoxy groups -OCH3 is 2. The summed E-state index contributed by atoms with van der Waals surface area (Å²) in [7, 11) is 2.97. The Morgan fingerprint density at radius 3 is 2.53 bits per heavy atom. The maximum absolute atomic E-state index is 13.1. The number of aromatic nitrogens is 1. The van der Waals surface area contributed by atoms with Crippen LogP contribution in [-0.2, 0) is 4.79 Å². The van der Waals surface area contributed by atoms with Crippen LogP contribution >= 0.6 is 0 Å². The van der Waals surface area contributed by atoms with Gasteiger partial charge in [-0.25, -0.2) is 0 Å². The molecule has 0 bridgehead atoms. The standard InChI is InChI=1S/C21H18N2O7/c1-11-9-16(22-30-11)23-18(12-6-7-13(27-2)15(10-12)28-3)17(20(25)21(23)26)19(24)14-5-4-8-29-14/h4-10,18,25H,1-3H3. The predicted molar refractivity (Wildman–Crippen MR) is 104 cm³/mol. The van der Waals surface area contributed by atoms with Crippen molar-refractivity contribution >= 4 is 17.5 Å². The number of nitrogens with zero attached hydrogens (tertiary/aromatic N) is 2. The molecule has 3 aromatic rings. The first-order valence-electron chi connectivity index (χ1n) is 8.96. The fourth-order valence-corrected chi connectivity index (χ4v) is 3.42. The van der Waals surface area contributed by atoms with Crippen molar-refractivity contribution in [3.8, 4) is 11.5 Å². The number of aryl methyl sites for hydroxylation is 1. The van der Waals surface area contributed by atoms with Crippen molar-refractivity contribution < 1.29 is 33.1 Å². The number of ketones is 1. The largest absolute Gasteiger partial charge is 0.503 e. The molecule has 1 atom stereocenters. The van der Waals surface area contributed by atoms with E-state index in [0.717, 1.165) is 0 Å². The molecule has 1 aliphatic heterocycles. The molecular formula is C21H18N2O7. The number of Topliss-reactive ketones (excluding diaryl/α,β-unsaturated/α-hetero) is 1. The first-order valence-corrected chi connectivity index (χ1v) is 8.96. The quantitative estimate of drug-likeness (QED) is 0.615. The van der Waals surface area contributed by atoms with Gasteiger partial charge in [0.2, 0.25) is 5.78 Å². The zero-order chi connectivity index (χ0) is 21.4. The van der Waals surface area contributed by atoms with Crippen molar-refractivity contribution in [1.29, 1.82) is 0 Å². The van der Waals surface area contributed by atoms with Gasteiger partial charge in [0.15, 0.2) is 28.8 Å². The zero-order valence-corrected chi connectivity index (χ0v) is 16.4. The monoisotopic (exact) mass is 410 g/mol. The van der Waals surface area contributed by atoms with Crippen molar-refractivity contribution in [2.75, 3.05) is 19.1 Å². The van der Waals surface area contributed by atoms with Gasteiger partial charge in [0.05, 0.1) is 32.1 Å². The van der Waals surface area contributed by atoms with Gasteiger partial charge >= 0.3 is 0 Å². The number of carbonyl (C=O) groups excluding carboxylic acids is 2. The van der Waals surface area contributed by atoms with Crippen LogP contribution in [0.4, 0.5) is 5.82 Å². The van der Waals surface area contributed by atoms with Gasteiger partial charge in [-0.05, 0) is 36.8 Å². The highest BCUT2D eigenvalue weighted by Gasteiger charge is 2.46.